The minimum absolute atomic E-state index is 0.146. The average molecular weight is 447 g/mol. The quantitative estimate of drug-likeness (QED) is 0.392. The second-order valence-corrected chi connectivity index (χ2v) is 7.84. The number of piperidine rings is 1. The molecule has 0 atom stereocenters. The van der Waals surface area contributed by atoms with Crippen molar-refractivity contribution in [1.82, 2.24) is 20.3 Å². The summed E-state index contributed by atoms with van der Waals surface area (Å²) in [5.74, 6) is -0.324. The highest BCUT2D eigenvalue weighted by Crippen LogP contribution is 2.36. The van der Waals surface area contributed by atoms with Crippen LogP contribution in [0.4, 0.5) is 10.7 Å². The van der Waals surface area contributed by atoms with Gasteiger partial charge in [0.2, 0.25) is 5.95 Å². The molecule has 33 heavy (non-hydrogen) atoms. The molecule has 0 saturated carbocycles. The molecule has 1 aliphatic rings. The summed E-state index contributed by atoms with van der Waals surface area (Å²) in [5.41, 5.74) is 3.22. The number of rotatable bonds is 6. The van der Waals surface area contributed by atoms with Crippen molar-refractivity contribution in [3.8, 4) is 0 Å². The van der Waals surface area contributed by atoms with Gasteiger partial charge in [0.15, 0.2) is 0 Å². The number of carbonyl (C=O) groups is 2. The van der Waals surface area contributed by atoms with Crippen LogP contribution < -0.4 is 10.8 Å². The molecule has 170 valence electrons. The highest BCUT2D eigenvalue weighted by atomic mass is 16.6. The molecule has 2 heterocycles. The first-order valence-electron chi connectivity index (χ1n) is 10.7. The van der Waals surface area contributed by atoms with Gasteiger partial charge < -0.3 is 15.0 Å². The number of nitrogens with one attached hydrogen (secondary N) is 2. The number of anilines is 1. The molecule has 1 fully saturated rings. The number of hydroxylamine groups is 1. The molecule has 4 rings (SSSR count). The van der Waals surface area contributed by atoms with Gasteiger partial charge in [0, 0.05) is 25.5 Å². The van der Waals surface area contributed by atoms with Crippen LogP contribution in [0.5, 0.6) is 0 Å². The topological polar surface area (TPSA) is 117 Å². The van der Waals surface area contributed by atoms with Crippen molar-refractivity contribution in [3.05, 3.63) is 89.7 Å². The zero-order valence-electron chi connectivity index (χ0n) is 18.0. The van der Waals surface area contributed by atoms with E-state index in [1.54, 1.807) is 10.4 Å². The monoisotopic (exact) mass is 447 g/mol. The molecule has 0 bridgehead atoms. The van der Waals surface area contributed by atoms with Crippen LogP contribution in [0.15, 0.2) is 73.1 Å². The third-order valence-electron chi connectivity index (χ3n) is 5.77. The predicted molar refractivity (Wildman–Crippen MR) is 120 cm³/mol. The van der Waals surface area contributed by atoms with Crippen molar-refractivity contribution in [2.24, 2.45) is 0 Å². The third kappa shape index (κ3) is 5.27. The molecule has 0 radical (unpaired) electrons. The van der Waals surface area contributed by atoms with E-state index in [0.29, 0.717) is 31.9 Å². The Hall–Kier alpha value is -3.98. The molecule has 2 amide bonds. The summed E-state index contributed by atoms with van der Waals surface area (Å²) in [6.07, 6.45) is 3.60. The lowest BCUT2D eigenvalue weighted by Crippen LogP contribution is -2.49. The van der Waals surface area contributed by atoms with E-state index < -0.39 is 11.4 Å². The molecular formula is C24H25N5O4. The van der Waals surface area contributed by atoms with Crippen LogP contribution in [-0.2, 0) is 16.9 Å². The standard InChI is InChI=1S/C24H25N5O4/c30-21(28-32)19-15-25-22(26-16-19)27-24(20-9-5-2-6-10-20)11-13-29(14-12-24)23(31)33-17-18-7-3-1-4-8-18/h1-10,15-16,32H,11-14,17H2,(H,28,30)(H,25,26,27). The maximum Gasteiger partial charge on any atom is 0.410 e. The number of hydrogen-bond acceptors (Lipinski definition) is 7. The molecule has 2 aromatic carbocycles. The summed E-state index contributed by atoms with van der Waals surface area (Å²) < 4.78 is 5.49. The second-order valence-electron chi connectivity index (χ2n) is 7.84. The molecule has 3 N–H and O–H groups in total. The van der Waals surface area contributed by atoms with Crippen LogP contribution in [0.2, 0.25) is 0 Å². The van der Waals surface area contributed by atoms with Gasteiger partial charge in [0.1, 0.15) is 6.61 Å². The van der Waals surface area contributed by atoms with E-state index in [1.807, 2.05) is 60.7 Å². The number of likely N-dealkylation sites (tertiary alicyclic amines) is 1. The van der Waals surface area contributed by atoms with Gasteiger partial charge >= 0.3 is 6.09 Å². The number of carbonyl (C=O) groups excluding carboxylic acids is 2. The lowest BCUT2D eigenvalue weighted by Gasteiger charge is -2.42. The van der Waals surface area contributed by atoms with Crippen molar-refractivity contribution in [2.75, 3.05) is 18.4 Å². The van der Waals surface area contributed by atoms with E-state index in [-0.39, 0.29) is 18.3 Å². The predicted octanol–water partition coefficient (Wildman–Crippen LogP) is 3.34. The highest BCUT2D eigenvalue weighted by Gasteiger charge is 2.38. The Morgan fingerprint density at radius 1 is 0.970 bits per heavy atom. The van der Waals surface area contributed by atoms with Crippen LogP contribution in [-0.4, -0.2) is 45.2 Å². The van der Waals surface area contributed by atoms with Gasteiger partial charge in [-0.25, -0.2) is 20.2 Å². The van der Waals surface area contributed by atoms with E-state index in [0.717, 1.165) is 11.1 Å². The first-order valence-corrected chi connectivity index (χ1v) is 10.7. The Balaban J connectivity index is 1.45. The molecule has 0 aliphatic carbocycles. The number of amides is 2. The van der Waals surface area contributed by atoms with Crippen molar-refractivity contribution in [1.29, 1.82) is 0 Å². The fourth-order valence-corrected chi connectivity index (χ4v) is 3.91. The maximum atomic E-state index is 12.6. The third-order valence-corrected chi connectivity index (χ3v) is 5.77. The molecule has 1 aromatic heterocycles. The van der Waals surface area contributed by atoms with Crippen LogP contribution in [0, 0.1) is 0 Å². The van der Waals surface area contributed by atoms with Crippen molar-refractivity contribution in [2.45, 2.75) is 25.0 Å². The van der Waals surface area contributed by atoms with Crippen LogP contribution in [0.1, 0.15) is 34.3 Å². The Morgan fingerprint density at radius 2 is 1.58 bits per heavy atom. The molecule has 0 unspecified atom stereocenters. The number of benzene rings is 2. The smallest absolute Gasteiger partial charge is 0.410 e. The van der Waals surface area contributed by atoms with E-state index in [1.165, 1.54) is 12.4 Å². The van der Waals surface area contributed by atoms with Crippen LogP contribution in [0.25, 0.3) is 0 Å². The van der Waals surface area contributed by atoms with Gasteiger partial charge in [-0.1, -0.05) is 60.7 Å². The number of hydrogen-bond donors (Lipinski definition) is 3. The van der Waals surface area contributed by atoms with Crippen molar-refractivity contribution < 1.29 is 19.5 Å². The Morgan fingerprint density at radius 3 is 2.18 bits per heavy atom. The van der Waals surface area contributed by atoms with Gasteiger partial charge in [-0.3, -0.25) is 10.0 Å². The summed E-state index contributed by atoms with van der Waals surface area (Å²) in [4.78, 5) is 34.3. The van der Waals surface area contributed by atoms with E-state index in [2.05, 4.69) is 15.3 Å². The van der Waals surface area contributed by atoms with Crippen LogP contribution in [0.3, 0.4) is 0 Å². The molecule has 9 nitrogen and oxygen atoms in total. The average Bonchev–Trinajstić information content (AvgIpc) is 2.89. The summed E-state index contributed by atoms with van der Waals surface area (Å²) >= 11 is 0. The maximum absolute atomic E-state index is 12.6. The summed E-state index contributed by atoms with van der Waals surface area (Å²) in [7, 11) is 0. The van der Waals surface area contributed by atoms with E-state index in [4.69, 9.17) is 9.94 Å². The lowest BCUT2D eigenvalue weighted by atomic mass is 9.81. The molecule has 0 spiro atoms. The highest BCUT2D eigenvalue weighted by molar-refractivity contribution is 5.92. The molecule has 9 heteroatoms. The number of nitrogens with zero attached hydrogens (tertiary/aromatic N) is 3. The molecule has 1 aliphatic heterocycles. The second kappa shape index (κ2) is 10.1. The van der Waals surface area contributed by atoms with Crippen molar-refractivity contribution in [3.63, 3.8) is 0 Å². The first-order chi connectivity index (χ1) is 16.1. The summed E-state index contributed by atoms with van der Waals surface area (Å²) in [6, 6.07) is 19.5. The largest absolute Gasteiger partial charge is 0.445 e. The van der Waals surface area contributed by atoms with Crippen LogP contribution >= 0.6 is 0 Å². The van der Waals surface area contributed by atoms with E-state index in [9.17, 15) is 9.59 Å². The fourth-order valence-electron chi connectivity index (χ4n) is 3.91. The molecular weight excluding hydrogens is 422 g/mol. The number of aromatic nitrogens is 2. The minimum atomic E-state index is -0.679. The molecule has 1 saturated heterocycles. The fraction of sp³-hybridized carbons (Fsp3) is 0.250. The van der Waals surface area contributed by atoms with Gasteiger partial charge in [-0.2, -0.15) is 0 Å². The normalized spacial score (nSPS) is 14.9. The Bertz CT molecular complexity index is 1070. The van der Waals surface area contributed by atoms with E-state index >= 15 is 0 Å². The Labute approximate surface area is 191 Å². The zero-order valence-corrected chi connectivity index (χ0v) is 18.0. The zero-order chi connectivity index (χ0) is 23.1. The summed E-state index contributed by atoms with van der Waals surface area (Å²) in [5, 5.41) is 12.2. The van der Waals surface area contributed by atoms with Gasteiger partial charge in [0.05, 0.1) is 11.1 Å². The van der Waals surface area contributed by atoms with Gasteiger partial charge in [-0.15, -0.1) is 0 Å². The lowest BCUT2D eigenvalue weighted by molar-refractivity contribution is 0.0705. The minimum Gasteiger partial charge on any atom is -0.445 e. The first kappa shape index (κ1) is 22.2. The number of ether oxygens (including phenoxy) is 1. The Kier molecular flexibility index (Phi) is 6.80. The van der Waals surface area contributed by atoms with Gasteiger partial charge in [0.25, 0.3) is 5.91 Å². The van der Waals surface area contributed by atoms with Crippen molar-refractivity contribution >= 4 is 17.9 Å². The molecule has 3 aromatic rings. The SMILES string of the molecule is O=C(NO)c1cnc(NC2(c3ccccc3)CCN(C(=O)OCc3ccccc3)CC2)nc1. The van der Waals surface area contributed by atoms with Gasteiger partial charge in [-0.05, 0) is 24.0 Å². The summed E-state index contributed by atoms with van der Waals surface area (Å²) in [6.45, 7) is 1.24.